The number of aryl methyl sites for hydroxylation is 2. The van der Waals surface area contributed by atoms with Crippen LogP contribution in [0, 0.1) is 13.8 Å². The lowest BCUT2D eigenvalue weighted by Gasteiger charge is -2.16. The summed E-state index contributed by atoms with van der Waals surface area (Å²) in [6.07, 6.45) is -4.62. The number of para-hydroxylation sites is 1. The Morgan fingerprint density at radius 3 is 2.45 bits per heavy atom. The molecule has 3 aromatic rings. The van der Waals surface area contributed by atoms with Gasteiger partial charge in [-0.25, -0.2) is 4.68 Å². The summed E-state index contributed by atoms with van der Waals surface area (Å²) in [6.45, 7) is 3.61. The minimum Gasteiger partial charge on any atom is -0.492 e. The molecule has 6 nitrogen and oxygen atoms in total. The molecule has 3 rings (SSSR count). The van der Waals surface area contributed by atoms with Crippen LogP contribution in [0.2, 0.25) is 0 Å². The molecule has 2 aromatic carbocycles. The number of nitrogens with one attached hydrogen (secondary N) is 1. The predicted molar refractivity (Wildman–Crippen MR) is 109 cm³/mol. The zero-order chi connectivity index (χ0) is 22.6. The third-order valence-electron chi connectivity index (χ3n) is 4.44. The number of carbonyl (C=O) groups is 1. The zero-order valence-electron chi connectivity index (χ0n) is 16.9. The van der Waals surface area contributed by atoms with E-state index in [1.165, 1.54) is 25.1 Å². The molecular weight excluding hydrogens is 411 g/mol. The van der Waals surface area contributed by atoms with Crippen LogP contribution in [-0.4, -0.2) is 28.8 Å². The maximum atomic E-state index is 13.4. The third-order valence-corrected chi connectivity index (χ3v) is 4.44. The fraction of sp³-hybridized carbons (Fsp3) is 0.227. The van der Waals surface area contributed by atoms with Crippen molar-refractivity contribution in [1.82, 2.24) is 15.1 Å². The van der Waals surface area contributed by atoms with Gasteiger partial charge in [0.15, 0.2) is 5.69 Å². The standard InChI is InChI=1S/C22H20F3N3O3/c1-14-7-9-16(10-8-14)31-12-11-26-21(30)20-19(29)13-15(2)28(27-20)18-6-4-3-5-17(18)22(23,24)25/h3-10,13H,11-12H2,1-2H3,(H,26,30). The third kappa shape index (κ3) is 5.30. The van der Waals surface area contributed by atoms with Crippen LogP contribution < -0.4 is 15.5 Å². The summed E-state index contributed by atoms with van der Waals surface area (Å²) in [7, 11) is 0. The first-order chi connectivity index (χ1) is 14.7. The van der Waals surface area contributed by atoms with Gasteiger partial charge in [-0.15, -0.1) is 0 Å². The molecule has 1 aromatic heterocycles. The van der Waals surface area contributed by atoms with Crippen molar-refractivity contribution in [3.63, 3.8) is 0 Å². The lowest BCUT2D eigenvalue weighted by molar-refractivity contribution is -0.137. The summed E-state index contributed by atoms with van der Waals surface area (Å²) >= 11 is 0. The molecule has 0 saturated carbocycles. The molecule has 0 radical (unpaired) electrons. The van der Waals surface area contributed by atoms with Crippen molar-refractivity contribution < 1.29 is 22.7 Å². The van der Waals surface area contributed by atoms with E-state index in [-0.39, 0.29) is 24.5 Å². The van der Waals surface area contributed by atoms with Crippen molar-refractivity contribution in [2.75, 3.05) is 13.2 Å². The SMILES string of the molecule is Cc1ccc(OCCNC(=O)c2nn(-c3ccccc3C(F)(F)F)c(C)cc2=O)cc1. The maximum Gasteiger partial charge on any atom is 0.418 e. The molecule has 0 saturated heterocycles. The van der Waals surface area contributed by atoms with Crippen molar-refractivity contribution in [3.05, 3.63) is 87.3 Å². The maximum absolute atomic E-state index is 13.4. The lowest BCUT2D eigenvalue weighted by Crippen LogP contribution is -2.34. The van der Waals surface area contributed by atoms with E-state index in [1.54, 1.807) is 12.1 Å². The second kappa shape index (κ2) is 9.03. The summed E-state index contributed by atoms with van der Waals surface area (Å²) < 4.78 is 46.6. The average molecular weight is 431 g/mol. The summed E-state index contributed by atoms with van der Waals surface area (Å²) in [5, 5.41) is 6.42. The normalized spacial score (nSPS) is 11.3. The largest absolute Gasteiger partial charge is 0.492 e. The highest BCUT2D eigenvalue weighted by molar-refractivity contribution is 5.92. The fourth-order valence-electron chi connectivity index (χ4n) is 2.90. The lowest BCUT2D eigenvalue weighted by atomic mass is 10.1. The van der Waals surface area contributed by atoms with E-state index in [0.717, 1.165) is 22.4 Å². The Labute approximate surface area is 176 Å². The number of rotatable bonds is 6. The number of alkyl halides is 3. The van der Waals surface area contributed by atoms with E-state index >= 15 is 0 Å². The summed E-state index contributed by atoms with van der Waals surface area (Å²) in [4.78, 5) is 24.7. The molecule has 1 amide bonds. The molecule has 0 fully saturated rings. The van der Waals surface area contributed by atoms with E-state index < -0.39 is 28.8 Å². The second-order valence-electron chi connectivity index (χ2n) is 6.84. The molecule has 9 heteroatoms. The van der Waals surface area contributed by atoms with E-state index in [2.05, 4.69) is 10.4 Å². The van der Waals surface area contributed by atoms with Gasteiger partial charge in [0.1, 0.15) is 12.4 Å². The number of halogens is 3. The Hall–Kier alpha value is -3.62. The topological polar surface area (TPSA) is 73.2 Å². The highest BCUT2D eigenvalue weighted by atomic mass is 19.4. The van der Waals surface area contributed by atoms with Gasteiger partial charge >= 0.3 is 6.18 Å². The van der Waals surface area contributed by atoms with Crippen LogP contribution in [0.25, 0.3) is 5.69 Å². The number of nitrogens with zero attached hydrogens (tertiary/aromatic N) is 2. The van der Waals surface area contributed by atoms with Crippen molar-refractivity contribution in [3.8, 4) is 11.4 Å². The van der Waals surface area contributed by atoms with E-state index in [1.807, 2.05) is 19.1 Å². The fourth-order valence-corrected chi connectivity index (χ4v) is 2.90. The minimum absolute atomic E-state index is 0.0842. The van der Waals surface area contributed by atoms with Gasteiger partial charge < -0.3 is 10.1 Å². The first kappa shape index (κ1) is 22.1. The van der Waals surface area contributed by atoms with Gasteiger partial charge in [0.25, 0.3) is 5.91 Å². The van der Waals surface area contributed by atoms with E-state index in [4.69, 9.17) is 4.74 Å². The molecule has 0 aliphatic heterocycles. The Balaban J connectivity index is 1.77. The highest BCUT2D eigenvalue weighted by Gasteiger charge is 2.34. The van der Waals surface area contributed by atoms with Crippen LogP contribution in [0.4, 0.5) is 13.2 Å². The van der Waals surface area contributed by atoms with Gasteiger partial charge in [0.05, 0.1) is 17.8 Å². The van der Waals surface area contributed by atoms with Crippen molar-refractivity contribution >= 4 is 5.91 Å². The average Bonchev–Trinajstić information content (AvgIpc) is 2.72. The number of benzene rings is 2. The first-order valence-corrected chi connectivity index (χ1v) is 9.42. The van der Waals surface area contributed by atoms with Gasteiger partial charge in [-0.05, 0) is 38.1 Å². The van der Waals surface area contributed by atoms with E-state index in [9.17, 15) is 22.8 Å². The number of hydrogen-bond donors (Lipinski definition) is 1. The molecule has 0 aliphatic carbocycles. The van der Waals surface area contributed by atoms with Crippen LogP contribution >= 0.6 is 0 Å². The minimum atomic E-state index is -4.62. The number of aromatic nitrogens is 2. The van der Waals surface area contributed by atoms with Gasteiger partial charge in [-0.2, -0.15) is 18.3 Å². The Kier molecular flexibility index (Phi) is 6.43. The summed E-state index contributed by atoms with van der Waals surface area (Å²) in [5.41, 5.74) is -1.14. The summed E-state index contributed by atoms with van der Waals surface area (Å²) in [6, 6.07) is 13.2. The molecule has 31 heavy (non-hydrogen) atoms. The molecule has 1 heterocycles. The zero-order valence-corrected chi connectivity index (χ0v) is 16.9. The Morgan fingerprint density at radius 2 is 1.77 bits per heavy atom. The smallest absolute Gasteiger partial charge is 0.418 e. The second-order valence-corrected chi connectivity index (χ2v) is 6.84. The van der Waals surface area contributed by atoms with Crippen LogP contribution in [0.5, 0.6) is 5.75 Å². The van der Waals surface area contributed by atoms with Crippen molar-refractivity contribution in [2.45, 2.75) is 20.0 Å². The van der Waals surface area contributed by atoms with Gasteiger partial charge in [0.2, 0.25) is 5.43 Å². The molecule has 0 spiro atoms. The van der Waals surface area contributed by atoms with Gasteiger partial charge in [-0.1, -0.05) is 29.8 Å². The van der Waals surface area contributed by atoms with Crippen LogP contribution in [0.1, 0.15) is 27.3 Å². The highest BCUT2D eigenvalue weighted by Crippen LogP contribution is 2.33. The number of ether oxygens (including phenoxy) is 1. The molecule has 0 atom stereocenters. The molecule has 162 valence electrons. The number of amides is 1. The van der Waals surface area contributed by atoms with Gasteiger partial charge in [0, 0.05) is 11.8 Å². The van der Waals surface area contributed by atoms with Crippen LogP contribution in [-0.2, 0) is 6.18 Å². The molecule has 1 N–H and O–H groups in total. The quantitative estimate of drug-likeness (QED) is 0.605. The molecule has 0 bridgehead atoms. The number of carbonyl (C=O) groups excluding carboxylic acids is 1. The van der Waals surface area contributed by atoms with E-state index in [0.29, 0.717) is 5.75 Å². The Bertz CT molecular complexity index is 1140. The first-order valence-electron chi connectivity index (χ1n) is 9.42. The monoisotopic (exact) mass is 431 g/mol. The Morgan fingerprint density at radius 1 is 1.10 bits per heavy atom. The van der Waals surface area contributed by atoms with Gasteiger partial charge in [-0.3, -0.25) is 9.59 Å². The molecule has 0 aliphatic rings. The van der Waals surface area contributed by atoms with Crippen molar-refractivity contribution in [2.24, 2.45) is 0 Å². The summed E-state index contributed by atoms with van der Waals surface area (Å²) in [5.74, 6) is -0.171. The van der Waals surface area contributed by atoms with Crippen LogP contribution in [0.3, 0.4) is 0 Å². The molecule has 0 unspecified atom stereocenters. The predicted octanol–water partition coefficient (Wildman–Crippen LogP) is 3.68. The van der Waals surface area contributed by atoms with Crippen LogP contribution in [0.15, 0.2) is 59.4 Å². The molecular formula is C22H20F3N3O3. The number of hydrogen-bond acceptors (Lipinski definition) is 4. The van der Waals surface area contributed by atoms with Crippen molar-refractivity contribution in [1.29, 1.82) is 0 Å².